The Morgan fingerprint density at radius 3 is 2.42 bits per heavy atom. The molecule has 0 aliphatic rings. The Labute approximate surface area is 69.9 Å². The number of allylic oxidation sites excluding steroid dienone is 1. The van der Waals surface area contributed by atoms with Crippen molar-refractivity contribution in [1.82, 2.24) is 0 Å². The monoisotopic (exact) mass is 178 g/mol. The molecule has 0 aromatic heterocycles. The molecule has 0 spiro atoms. The van der Waals surface area contributed by atoms with E-state index in [2.05, 4.69) is 0 Å². The quantitative estimate of drug-likeness (QED) is 0.670. The zero-order chi connectivity index (χ0) is 9.78. The topological polar surface area (TPSA) is 37.3 Å². The first-order valence-corrected chi connectivity index (χ1v) is 3.60. The van der Waals surface area contributed by atoms with Crippen LogP contribution >= 0.6 is 0 Å². The summed E-state index contributed by atoms with van der Waals surface area (Å²) in [5.74, 6) is -5.23. The summed E-state index contributed by atoms with van der Waals surface area (Å²) in [7, 11) is 0. The van der Waals surface area contributed by atoms with Gasteiger partial charge in [0.05, 0.1) is 5.92 Å². The van der Waals surface area contributed by atoms with Crippen molar-refractivity contribution >= 4 is 5.97 Å². The highest BCUT2D eigenvalue weighted by atomic mass is 19.3. The lowest BCUT2D eigenvalue weighted by atomic mass is 10.0. The first-order chi connectivity index (χ1) is 5.37. The predicted octanol–water partition coefficient (Wildman–Crippen LogP) is 2.31. The van der Waals surface area contributed by atoms with Crippen molar-refractivity contribution in [2.75, 3.05) is 0 Å². The third kappa shape index (κ3) is 4.82. The summed E-state index contributed by atoms with van der Waals surface area (Å²) in [4.78, 5) is 10.4. The lowest BCUT2D eigenvalue weighted by Gasteiger charge is -2.13. The van der Waals surface area contributed by atoms with Gasteiger partial charge in [0, 0.05) is 6.42 Å². The molecule has 0 aromatic carbocycles. The molecule has 4 heteroatoms. The Hall–Kier alpha value is -0.930. The van der Waals surface area contributed by atoms with Crippen LogP contribution in [0.5, 0.6) is 0 Å². The minimum Gasteiger partial charge on any atom is -0.481 e. The minimum absolute atomic E-state index is 0.646. The van der Waals surface area contributed by atoms with Gasteiger partial charge >= 0.3 is 5.97 Å². The fraction of sp³-hybridized carbons (Fsp3) is 0.625. The van der Waals surface area contributed by atoms with Crippen molar-refractivity contribution in [3.8, 4) is 0 Å². The summed E-state index contributed by atoms with van der Waals surface area (Å²) < 4.78 is 24.7. The zero-order valence-electron chi connectivity index (χ0n) is 7.05. The standard InChI is InChI=1S/C8H12F2O2/c1-3-4-6(7(11)12)5-8(2,9)10/h3-4,6H,5H2,1-2H3,(H,11,12). The molecule has 1 unspecified atom stereocenters. The summed E-state index contributed by atoms with van der Waals surface area (Å²) in [6.45, 7) is 2.32. The van der Waals surface area contributed by atoms with Gasteiger partial charge in [-0.15, -0.1) is 0 Å². The number of hydrogen-bond donors (Lipinski definition) is 1. The van der Waals surface area contributed by atoms with E-state index in [1.165, 1.54) is 12.2 Å². The van der Waals surface area contributed by atoms with Crippen LogP contribution in [-0.4, -0.2) is 17.0 Å². The lowest BCUT2D eigenvalue weighted by Crippen LogP contribution is -2.21. The highest BCUT2D eigenvalue weighted by Gasteiger charge is 2.28. The maximum Gasteiger partial charge on any atom is 0.310 e. The van der Waals surface area contributed by atoms with Gasteiger partial charge in [0.2, 0.25) is 5.92 Å². The van der Waals surface area contributed by atoms with Gasteiger partial charge < -0.3 is 5.11 Å². The maximum absolute atomic E-state index is 12.4. The van der Waals surface area contributed by atoms with Crippen LogP contribution in [0.3, 0.4) is 0 Å². The van der Waals surface area contributed by atoms with Gasteiger partial charge in [-0.25, -0.2) is 8.78 Å². The second-order valence-electron chi connectivity index (χ2n) is 2.74. The Kier molecular flexibility index (Phi) is 3.86. The second-order valence-corrected chi connectivity index (χ2v) is 2.74. The predicted molar refractivity (Wildman–Crippen MR) is 41.2 cm³/mol. The molecule has 0 saturated heterocycles. The molecule has 0 aromatic rings. The average molecular weight is 178 g/mol. The van der Waals surface area contributed by atoms with E-state index in [0.717, 1.165) is 0 Å². The number of carboxylic acids is 1. The first-order valence-electron chi connectivity index (χ1n) is 3.60. The van der Waals surface area contributed by atoms with Crippen LogP contribution in [0.2, 0.25) is 0 Å². The van der Waals surface area contributed by atoms with Crippen molar-refractivity contribution < 1.29 is 18.7 Å². The van der Waals surface area contributed by atoms with Gasteiger partial charge in [-0.3, -0.25) is 4.79 Å². The van der Waals surface area contributed by atoms with Gasteiger partial charge in [-0.2, -0.15) is 0 Å². The van der Waals surface area contributed by atoms with Crippen molar-refractivity contribution in [3.05, 3.63) is 12.2 Å². The van der Waals surface area contributed by atoms with E-state index >= 15 is 0 Å². The third-order valence-electron chi connectivity index (χ3n) is 1.32. The van der Waals surface area contributed by atoms with Gasteiger partial charge in [0.25, 0.3) is 0 Å². The lowest BCUT2D eigenvalue weighted by molar-refractivity contribution is -0.142. The molecule has 0 bridgehead atoms. The minimum atomic E-state index is -2.93. The van der Waals surface area contributed by atoms with Crippen molar-refractivity contribution in [2.24, 2.45) is 5.92 Å². The molecule has 1 atom stereocenters. The molecule has 0 fully saturated rings. The molecule has 1 N–H and O–H groups in total. The molecule has 0 saturated carbocycles. The molecule has 0 aliphatic carbocycles. The average Bonchev–Trinajstić information content (AvgIpc) is 1.83. The van der Waals surface area contributed by atoms with E-state index < -0.39 is 24.2 Å². The van der Waals surface area contributed by atoms with Crippen LogP contribution in [0.15, 0.2) is 12.2 Å². The van der Waals surface area contributed by atoms with Crippen LogP contribution in [0.1, 0.15) is 20.3 Å². The van der Waals surface area contributed by atoms with Gasteiger partial charge in [0.1, 0.15) is 0 Å². The number of carbonyl (C=O) groups is 1. The smallest absolute Gasteiger partial charge is 0.310 e. The van der Waals surface area contributed by atoms with E-state index in [4.69, 9.17) is 5.11 Å². The summed E-state index contributed by atoms with van der Waals surface area (Å²) in [5, 5.41) is 8.48. The van der Waals surface area contributed by atoms with E-state index in [1.54, 1.807) is 6.92 Å². The number of aliphatic carboxylic acids is 1. The van der Waals surface area contributed by atoms with Crippen LogP contribution in [0.25, 0.3) is 0 Å². The van der Waals surface area contributed by atoms with Gasteiger partial charge in [0.15, 0.2) is 0 Å². The van der Waals surface area contributed by atoms with Crippen LogP contribution in [0.4, 0.5) is 8.78 Å². The number of carboxylic acid groups (broad SMARTS) is 1. The molecule has 0 heterocycles. The molecule has 70 valence electrons. The van der Waals surface area contributed by atoms with E-state index in [-0.39, 0.29) is 0 Å². The van der Waals surface area contributed by atoms with Crippen molar-refractivity contribution in [1.29, 1.82) is 0 Å². The first kappa shape index (κ1) is 11.1. The van der Waals surface area contributed by atoms with Crippen molar-refractivity contribution in [2.45, 2.75) is 26.2 Å². The van der Waals surface area contributed by atoms with Crippen molar-refractivity contribution in [3.63, 3.8) is 0 Å². The van der Waals surface area contributed by atoms with E-state index in [9.17, 15) is 13.6 Å². The number of alkyl halides is 2. The molecule has 2 nitrogen and oxygen atoms in total. The summed E-state index contributed by atoms with van der Waals surface area (Å²) in [6, 6.07) is 0. The molecular weight excluding hydrogens is 166 g/mol. The normalized spacial score (nSPS) is 15.0. The van der Waals surface area contributed by atoms with Crippen LogP contribution in [-0.2, 0) is 4.79 Å². The zero-order valence-corrected chi connectivity index (χ0v) is 7.05. The van der Waals surface area contributed by atoms with Gasteiger partial charge in [-0.1, -0.05) is 12.2 Å². The Balaban J connectivity index is 4.24. The Morgan fingerprint density at radius 1 is 1.67 bits per heavy atom. The number of rotatable bonds is 4. The number of halogens is 2. The fourth-order valence-corrected chi connectivity index (χ4v) is 0.856. The molecular formula is C8H12F2O2. The second kappa shape index (κ2) is 4.18. The molecule has 0 aliphatic heterocycles. The van der Waals surface area contributed by atoms with Gasteiger partial charge in [-0.05, 0) is 13.8 Å². The van der Waals surface area contributed by atoms with Crippen LogP contribution < -0.4 is 0 Å². The molecule has 0 rings (SSSR count). The Bertz CT molecular complexity index is 182. The SMILES string of the molecule is CC=CC(CC(C)(F)F)C(=O)O. The summed E-state index contributed by atoms with van der Waals surface area (Å²) in [6.07, 6.45) is 2.08. The summed E-state index contributed by atoms with van der Waals surface area (Å²) in [5.41, 5.74) is 0. The molecule has 12 heavy (non-hydrogen) atoms. The molecule has 0 amide bonds. The molecule has 0 radical (unpaired) electrons. The fourth-order valence-electron chi connectivity index (χ4n) is 0.856. The largest absolute Gasteiger partial charge is 0.481 e. The van der Waals surface area contributed by atoms with E-state index in [1.807, 2.05) is 0 Å². The number of hydrogen-bond acceptors (Lipinski definition) is 1. The third-order valence-corrected chi connectivity index (χ3v) is 1.32. The Morgan fingerprint density at radius 2 is 2.17 bits per heavy atom. The van der Waals surface area contributed by atoms with Crippen LogP contribution in [0, 0.1) is 5.92 Å². The highest BCUT2D eigenvalue weighted by Crippen LogP contribution is 2.23. The maximum atomic E-state index is 12.4. The van der Waals surface area contributed by atoms with E-state index in [0.29, 0.717) is 6.92 Å². The summed E-state index contributed by atoms with van der Waals surface area (Å²) >= 11 is 0. The highest BCUT2D eigenvalue weighted by molar-refractivity contribution is 5.72.